The predicted octanol–water partition coefficient (Wildman–Crippen LogP) is 1.74. The van der Waals surface area contributed by atoms with Gasteiger partial charge in [-0.2, -0.15) is 0 Å². The van der Waals surface area contributed by atoms with E-state index in [0.29, 0.717) is 0 Å². The molecule has 0 bridgehead atoms. The second-order valence-corrected chi connectivity index (χ2v) is 6.91. The molecule has 80 valence electrons. The van der Waals surface area contributed by atoms with Gasteiger partial charge in [0.25, 0.3) is 0 Å². The van der Waals surface area contributed by atoms with Gasteiger partial charge in [-0.3, -0.25) is 0 Å². The van der Waals surface area contributed by atoms with E-state index in [1.54, 1.807) is 14.2 Å². The molecule has 0 rings (SSSR count). The van der Waals surface area contributed by atoms with Crippen molar-refractivity contribution in [2.45, 2.75) is 31.9 Å². The fourth-order valence-corrected chi connectivity index (χ4v) is 4.24. The van der Waals surface area contributed by atoms with E-state index >= 15 is 0 Å². The van der Waals surface area contributed by atoms with Crippen LogP contribution in [-0.2, 0) is 8.85 Å². The molecule has 3 nitrogen and oxygen atoms in total. The van der Waals surface area contributed by atoms with Crippen LogP contribution in [0.4, 0.5) is 0 Å². The summed E-state index contributed by atoms with van der Waals surface area (Å²) in [6.07, 6.45) is 2.29. The van der Waals surface area contributed by atoms with Crippen molar-refractivity contribution in [3.8, 4) is 0 Å². The van der Waals surface area contributed by atoms with Gasteiger partial charge in [0.05, 0.1) is 0 Å². The zero-order chi connectivity index (χ0) is 10.2. The SMILES string of the molecule is CCC[Si](CCCNC)(OC)OC. The standard InChI is InChI=1S/C9H23NO2Si/c1-5-8-13(11-3,12-4)9-6-7-10-2/h10H,5-9H2,1-4H3. The summed E-state index contributed by atoms with van der Waals surface area (Å²) in [5.74, 6) is 0. The van der Waals surface area contributed by atoms with Crippen molar-refractivity contribution >= 4 is 8.56 Å². The summed E-state index contributed by atoms with van der Waals surface area (Å²) in [7, 11) is 3.72. The molecular formula is C9H23NO2Si. The summed E-state index contributed by atoms with van der Waals surface area (Å²) in [5.41, 5.74) is 0. The van der Waals surface area contributed by atoms with Crippen LogP contribution in [0.1, 0.15) is 19.8 Å². The highest BCUT2D eigenvalue weighted by atomic mass is 28.4. The van der Waals surface area contributed by atoms with Crippen LogP contribution in [0.2, 0.25) is 12.1 Å². The molecule has 0 saturated heterocycles. The van der Waals surface area contributed by atoms with E-state index in [0.717, 1.165) is 31.5 Å². The highest BCUT2D eigenvalue weighted by molar-refractivity contribution is 6.67. The fraction of sp³-hybridized carbons (Fsp3) is 1.00. The Labute approximate surface area is 83.1 Å². The molecule has 0 heterocycles. The van der Waals surface area contributed by atoms with Crippen molar-refractivity contribution in [1.29, 1.82) is 0 Å². The van der Waals surface area contributed by atoms with Crippen LogP contribution in [0.15, 0.2) is 0 Å². The molecule has 0 aromatic rings. The predicted molar refractivity (Wildman–Crippen MR) is 58.2 cm³/mol. The average Bonchev–Trinajstić information content (AvgIpc) is 2.17. The minimum Gasteiger partial charge on any atom is -0.398 e. The molecule has 0 saturated carbocycles. The Hall–Kier alpha value is 0.0969. The topological polar surface area (TPSA) is 30.5 Å². The van der Waals surface area contributed by atoms with Crippen LogP contribution in [0.5, 0.6) is 0 Å². The molecule has 0 fully saturated rings. The van der Waals surface area contributed by atoms with E-state index in [1.165, 1.54) is 0 Å². The summed E-state index contributed by atoms with van der Waals surface area (Å²) in [4.78, 5) is 0. The molecule has 1 N–H and O–H groups in total. The third kappa shape index (κ3) is 4.76. The molecule has 0 aliphatic rings. The van der Waals surface area contributed by atoms with Gasteiger partial charge in [-0.25, -0.2) is 0 Å². The van der Waals surface area contributed by atoms with E-state index in [4.69, 9.17) is 8.85 Å². The largest absolute Gasteiger partial charge is 0.398 e. The van der Waals surface area contributed by atoms with Crippen LogP contribution < -0.4 is 5.32 Å². The first kappa shape index (κ1) is 13.1. The van der Waals surface area contributed by atoms with E-state index in [2.05, 4.69) is 12.2 Å². The third-order valence-electron chi connectivity index (χ3n) is 2.36. The Kier molecular flexibility index (Phi) is 7.55. The number of rotatable bonds is 8. The average molecular weight is 205 g/mol. The summed E-state index contributed by atoms with van der Waals surface area (Å²) >= 11 is 0. The van der Waals surface area contributed by atoms with Gasteiger partial charge in [-0.05, 0) is 32.1 Å². The second kappa shape index (κ2) is 7.50. The van der Waals surface area contributed by atoms with Crippen LogP contribution in [-0.4, -0.2) is 36.4 Å². The van der Waals surface area contributed by atoms with E-state index in [1.807, 2.05) is 7.05 Å². The third-order valence-corrected chi connectivity index (χ3v) is 6.22. The van der Waals surface area contributed by atoms with E-state index < -0.39 is 8.56 Å². The quantitative estimate of drug-likeness (QED) is 0.484. The summed E-state index contributed by atoms with van der Waals surface area (Å²) < 4.78 is 11.1. The molecule has 0 aromatic heterocycles. The first-order valence-electron chi connectivity index (χ1n) is 4.99. The van der Waals surface area contributed by atoms with Crippen molar-refractivity contribution in [2.24, 2.45) is 0 Å². The lowest BCUT2D eigenvalue weighted by Gasteiger charge is -2.26. The van der Waals surface area contributed by atoms with Crippen molar-refractivity contribution in [1.82, 2.24) is 5.32 Å². The van der Waals surface area contributed by atoms with Crippen molar-refractivity contribution in [3.63, 3.8) is 0 Å². The van der Waals surface area contributed by atoms with Crippen LogP contribution in [0, 0.1) is 0 Å². The number of hydrogen-bond donors (Lipinski definition) is 1. The van der Waals surface area contributed by atoms with Crippen molar-refractivity contribution in [3.05, 3.63) is 0 Å². The maximum atomic E-state index is 5.56. The zero-order valence-corrected chi connectivity index (χ0v) is 10.4. The van der Waals surface area contributed by atoms with Crippen molar-refractivity contribution < 1.29 is 8.85 Å². The van der Waals surface area contributed by atoms with Gasteiger partial charge in [-0.1, -0.05) is 13.3 Å². The number of hydrogen-bond acceptors (Lipinski definition) is 3. The van der Waals surface area contributed by atoms with Gasteiger partial charge in [0.2, 0.25) is 0 Å². The number of nitrogens with one attached hydrogen (secondary N) is 1. The lowest BCUT2D eigenvalue weighted by Crippen LogP contribution is -2.40. The summed E-state index contributed by atoms with van der Waals surface area (Å²) in [5, 5.41) is 3.14. The van der Waals surface area contributed by atoms with Crippen LogP contribution in [0.3, 0.4) is 0 Å². The van der Waals surface area contributed by atoms with Gasteiger partial charge in [0, 0.05) is 14.2 Å². The Morgan fingerprint density at radius 3 is 2.15 bits per heavy atom. The van der Waals surface area contributed by atoms with E-state index in [9.17, 15) is 0 Å². The summed E-state index contributed by atoms with van der Waals surface area (Å²) in [6.45, 7) is 3.23. The highest BCUT2D eigenvalue weighted by Crippen LogP contribution is 2.20. The first-order valence-corrected chi connectivity index (χ1v) is 7.22. The highest BCUT2D eigenvalue weighted by Gasteiger charge is 2.33. The van der Waals surface area contributed by atoms with Crippen molar-refractivity contribution in [2.75, 3.05) is 27.8 Å². The Balaban J connectivity index is 3.89. The maximum Gasteiger partial charge on any atom is 0.337 e. The molecule has 0 spiro atoms. The molecule has 0 radical (unpaired) electrons. The van der Waals surface area contributed by atoms with Gasteiger partial charge < -0.3 is 14.2 Å². The second-order valence-electron chi connectivity index (χ2n) is 3.28. The Morgan fingerprint density at radius 2 is 1.77 bits per heavy atom. The molecule has 0 aliphatic carbocycles. The van der Waals surface area contributed by atoms with Gasteiger partial charge in [0.15, 0.2) is 0 Å². The van der Waals surface area contributed by atoms with Crippen LogP contribution >= 0.6 is 0 Å². The van der Waals surface area contributed by atoms with Crippen LogP contribution in [0.25, 0.3) is 0 Å². The van der Waals surface area contributed by atoms with Gasteiger partial charge in [0.1, 0.15) is 0 Å². The van der Waals surface area contributed by atoms with Gasteiger partial charge >= 0.3 is 8.56 Å². The first-order chi connectivity index (χ1) is 6.24. The maximum absolute atomic E-state index is 5.56. The monoisotopic (exact) mass is 205 g/mol. The Bertz CT molecular complexity index is 118. The molecule has 4 heteroatoms. The lowest BCUT2D eigenvalue weighted by atomic mass is 10.5. The molecule has 0 aliphatic heterocycles. The lowest BCUT2D eigenvalue weighted by molar-refractivity contribution is 0.240. The smallest absolute Gasteiger partial charge is 0.337 e. The normalized spacial score (nSPS) is 12.0. The molecule has 0 amide bonds. The molecule has 13 heavy (non-hydrogen) atoms. The van der Waals surface area contributed by atoms with E-state index in [-0.39, 0.29) is 0 Å². The molecular weight excluding hydrogens is 182 g/mol. The Morgan fingerprint density at radius 1 is 1.15 bits per heavy atom. The minimum atomic E-state index is -1.82. The molecule has 0 unspecified atom stereocenters. The molecule has 0 aromatic carbocycles. The fourth-order valence-electron chi connectivity index (χ4n) is 1.53. The minimum absolute atomic E-state index is 1.05. The summed E-state index contributed by atoms with van der Waals surface area (Å²) in [6, 6.07) is 2.19. The zero-order valence-electron chi connectivity index (χ0n) is 9.35. The molecule has 0 atom stereocenters. The van der Waals surface area contributed by atoms with Gasteiger partial charge in [-0.15, -0.1) is 0 Å².